The fraction of sp³-hybridized carbons (Fsp3) is 0. The third-order valence-corrected chi connectivity index (χ3v) is 2.63. The quantitative estimate of drug-likeness (QED) is 0.923. The molecular weight excluding hydrogens is 306 g/mol. The molecular formula is C12H7BrF2N2O. The first-order valence-corrected chi connectivity index (χ1v) is 5.73. The van der Waals surface area contributed by atoms with Crippen molar-refractivity contribution in [1.29, 1.82) is 0 Å². The van der Waals surface area contributed by atoms with Gasteiger partial charge in [0, 0.05) is 16.7 Å². The second-order valence-corrected chi connectivity index (χ2v) is 4.35. The summed E-state index contributed by atoms with van der Waals surface area (Å²) in [5.74, 6) is -2.05. The van der Waals surface area contributed by atoms with Crippen LogP contribution in [-0.4, -0.2) is 10.9 Å². The highest BCUT2D eigenvalue weighted by Crippen LogP contribution is 2.15. The third kappa shape index (κ3) is 2.89. The van der Waals surface area contributed by atoms with E-state index in [1.165, 1.54) is 6.20 Å². The fourth-order valence-corrected chi connectivity index (χ4v) is 1.67. The van der Waals surface area contributed by atoms with Crippen molar-refractivity contribution in [3.63, 3.8) is 0 Å². The van der Waals surface area contributed by atoms with E-state index in [9.17, 15) is 13.6 Å². The molecule has 0 bridgehead atoms. The number of amides is 1. The van der Waals surface area contributed by atoms with Gasteiger partial charge in [-0.1, -0.05) is 15.9 Å². The molecule has 0 fully saturated rings. The fourth-order valence-electron chi connectivity index (χ4n) is 1.33. The Morgan fingerprint density at radius 2 is 2.00 bits per heavy atom. The van der Waals surface area contributed by atoms with Crippen molar-refractivity contribution < 1.29 is 13.6 Å². The van der Waals surface area contributed by atoms with E-state index in [-0.39, 0.29) is 11.4 Å². The minimum Gasteiger partial charge on any atom is -0.306 e. The molecule has 1 amide bonds. The molecule has 0 spiro atoms. The van der Waals surface area contributed by atoms with Gasteiger partial charge >= 0.3 is 0 Å². The van der Waals surface area contributed by atoms with E-state index in [0.717, 1.165) is 16.6 Å². The first-order chi connectivity index (χ1) is 8.56. The van der Waals surface area contributed by atoms with Gasteiger partial charge in [0.25, 0.3) is 5.91 Å². The van der Waals surface area contributed by atoms with Gasteiger partial charge < -0.3 is 5.32 Å². The predicted octanol–water partition coefficient (Wildman–Crippen LogP) is 3.37. The number of hydrogen-bond donors (Lipinski definition) is 1. The Kier molecular flexibility index (Phi) is 3.66. The molecule has 0 saturated carbocycles. The van der Waals surface area contributed by atoms with Crippen LogP contribution in [0.5, 0.6) is 0 Å². The molecule has 1 aromatic carbocycles. The largest absolute Gasteiger partial charge is 0.306 e. The average Bonchev–Trinajstić information content (AvgIpc) is 2.28. The van der Waals surface area contributed by atoms with Gasteiger partial charge in [-0.05, 0) is 24.3 Å². The summed E-state index contributed by atoms with van der Waals surface area (Å²) in [5.41, 5.74) is -0.238. The van der Waals surface area contributed by atoms with Crippen molar-refractivity contribution in [2.45, 2.75) is 0 Å². The Morgan fingerprint density at radius 3 is 2.67 bits per heavy atom. The SMILES string of the molecule is O=C(Nc1cc(Br)ccn1)c1ccc(F)cc1F. The van der Waals surface area contributed by atoms with Crippen molar-refractivity contribution in [1.82, 2.24) is 4.98 Å². The molecule has 2 aromatic rings. The zero-order valence-corrected chi connectivity index (χ0v) is 10.5. The molecule has 0 aliphatic rings. The number of nitrogens with one attached hydrogen (secondary N) is 1. The van der Waals surface area contributed by atoms with Crippen LogP contribution in [0.2, 0.25) is 0 Å². The minimum atomic E-state index is -0.914. The number of carbonyl (C=O) groups excluding carboxylic acids is 1. The molecule has 1 N–H and O–H groups in total. The van der Waals surface area contributed by atoms with Crippen LogP contribution in [-0.2, 0) is 0 Å². The van der Waals surface area contributed by atoms with Crippen molar-refractivity contribution in [2.24, 2.45) is 0 Å². The number of hydrogen-bond acceptors (Lipinski definition) is 2. The van der Waals surface area contributed by atoms with E-state index in [2.05, 4.69) is 26.2 Å². The molecule has 0 unspecified atom stereocenters. The van der Waals surface area contributed by atoms with Crippen LogP contribution < -0.4 is 5.32 Å². The van der Waals surface area contributed by atoms with E-state index >= 15 is 0 Å². The van der Waals surface area contributed by atoms with E-state index in [0.29, 0.717) is 6.07 Å². The van der Waals surface area contributed by atoms with Gasteiger partial charge in [-0.3, -0.25) is 4.79 Å². The Hall–Kier alpha value is -1.82. The number of carbonyl (C=O) groups is 1. The number of anilines is 1. The Bertz CT molecular complexity index is 604. The maximum absolute atomic E-state index is 13.4. The van der Waals surface area contributed by atoms with Crippen LogP contribution in [0.15, 0.2) is 41.0 Å². The van der Waals surface area contributed by atoms with Gasteiger partial charge in [-0.15, -0.1) is 0 Å². The van der Waals surface area contributed by atoms with Crippen LogP contribution in [0.4, 0.5) is 14.6 Å². The highest BCUT2D eigenvalue weighted by atomic mass is 79.9. The van der Waals surface area contributed by atoms with E-state index in [4.69, 9.17) is 0 Å². The molecule has 0 radical (unpaired) electrons. The number of rotatable bonds is 2. The van der Waals surface area contributed by atoms with Crippen LogP contribution in [0, 0.1) is 11.6 Å². The first kappa shape index (κ1) is 12.6. The van der Waals surface area contributed by atoms with E-state index in [1.54, 1.807) is 12.1 Å². The summed E-state index contributed by atoms with van der Waals surface area (Å²) >= 11 is 3.22. The maximum atomic E-state index is 13.4. The number of halogens is 3. The molecule has 18 heavy (non-hydrogen) atoms. The molecule has 1 aromatic heterocycles. The first-order valence-electron chi connectivity index (χ1n) is 4.94. The number of nitrogens with zero attached hydrogens (tertiary/aromatic N) is 1. The minimum absolute atomic E-state index is 0.238. The van der Waals surface area contributed by atoms with Gasteiger partial charge in [-0.2, -0.15) is 0 Å². The summed E-state index contributed by atoms with van der Waals surface area (Å²) in [5, 5.41) is 2.42. The number of benzene rings is 1. The van der Waals surface area contributed by atoms with Crippen LogP contribution in [0.3, 0.4) is 0 Å². The zero-order chi connectivity index (χ0) is 13.1. The van der Waals surface area contributed by atoms with Gasteiger partial charge in [0.05, 0.1) is 5.56 Å². The predicted molar refractivity (Wildman–Crippen MR) is 66.2 cm³/mol. The normalized spacial score (nSPS) is 10.2. The molecule has 3 nitrogen and oxygen atoms in total. The Morgan fingerprint density at radius 1 is 1.22 bits per heavy atom. The zero-order valence-electron chi connectivity index (χ0n) is 8.95. The van der Waals surface area contributed by atoms with Gasteiger partial charge in [0.1, 0.15) is 17.5 Å². The number of aromatic nitrogens is 1. The van der Waals surface area contributed by atoms with Crippen molar-refractivity contribution in [3.8, 4) is 0 Å². The summed E-state index contributed by atoms with van der Waals surface area (Å²) in [7, 11) is 0. The monoisotopic (exact) mass is 312 g/mol. The summed E-state index contributed by atoms with van der Waals surface area (Å²) in [4.78, 5) is 15.6. The summed E-state index contributed by atoms with van der Waals surface area (Å²) in [6.45, 7) is 0. The Labute approximate surface area is 110 Å². The topological polar surface area (TPSA) is 42.0 Å². The van der Waals surface area contributed by atoms with Crippen molar-refractivity contribution in [3.05, 3.63) is 58.2 Å². The summed E-state index contributed by atoms with van der Waals surface area (Å²) in [6.07, 6.45) is 1.49. The molecule has 0 atom stereocenters. The maximum Gasteiger partial charge on any atom is 0.259 e. The molecule has 0 aliphatic carbocycles. The summed E-state index contributed by atoms with van der Waals surface area (Å²) < 4.78 is 26.8. The molecule has 1 heterocycles. The van der Waals surface area contributed by atoms with Crippen molar-refractivity contribution in [2.75, 3.05) is 5.32 Å². The van der Waals surface area contributed by atoms with Crippen LogP contribution in [0.1, 0.15) is 10.4 Å². The number of pyridine rings is 1. The third-order valence-electron chi connectivity index (χ3n) is 2.14. The van der Waals surface area contributed by atoms with E-state index in [1.807, 2.05) is 0 Å². The van der Waals surface area contributed by atoms with Crippen LogP contribution >= 0.6 is 15.9 Å². The molecule has 2 rings (SSSR count). The van der Waals surface area contributed by atoms with Gasteiger partial charge in [0.2, 0.25) is 0 Å². The van der Waals surface area contributed by atoms with Gasteiger partial charge in [0.15, 0.2) is 0 Å². The lowest BCUT2D eigenvalue weighted by Crippen LogP contribution is -2.14. The second-order valence-electron chi connectivity index (χ2n) is 3.44. The standard InChI is InChI=1S/C12H7BrF2N2O/c13-7-3-4-16-11(5-7)17-12(18)9-2-1-8(14)6-10(9)15/h1-6H,(H,16,17,18). The highest BCUT2D eigenvalue weighted by molar-refractivity contribution is 9.10. The summed E-state index contributed by atoms with van der Waals surface area (Å²) in [6, 6.07) is 6.01. The van der Waals surface area contributed by atoms with Crippen LogP contribution in [0.25, 0.3) is 0 Å². The molecule has 0 saturated heterocycles. The molecule has 6 heteroatoms. The second kappa shape index (κ2) is 5.22. The smallest absolute Gasteiger partial charge is 0.259 e. The molecule has 92 valence electrons. The molecule has 0 aliphatic heterocycles. The lowest BCUT2D eigenvalue weighted by atomic mass is 10.2. The lowest BCUT2D eigenvalue weighted by molar-refractivity contribution is 0.102. The average molecular weight is 313 g/mol. The van der Waals surface area contributed by atoms with Gasteiger partial charge in [-0.25, -0.2) is 13.8 Å². The highest BCUT2D eigenvalue weighted by Gasteiger charge is 2.13. The Balaban J connectivity index is 2.22. The van der Waals surface area contributed by atoms with Crippen molar-refractivity contribution >= 4 is 27.7 Å². The van der Waals surface area contributed by atoms with E-state index < -0.39 is 17.5 Å². The lowest BCUT2D eigenvalue weighted by Gasteiger charge is -2.05.